The Labute approximate surface area is 155 Å². The van der Waals surface area contributed by atoms with Crippen molar-refractivity contribution in [2.24, 2.45) is 5.73 Å². The molecular weight excluding hydrogens is 348 g/mol. The number of nitrogens with zero attached hydrogens (tertiary/aromatic N) is 1. The highest BCUT2D eigenvalue weighted by molar-refractivity contribution is 7.18. The number of urea groups is 1. The quantitative estimate of drug-likeness (QED) is 0.547. The Morgan fingerprint density at radius 1 is 0.962 bits per heavy atom. The van der Waals surface area contributed by atoms with Gasteiger partial charge in [0.15, 0.2) is 0 Å². The third-order valence-electron chi connectivity index (χ3n) is 3.82. The number of amides is 3. The summed E-state index contributed by atoms with van der Waals surface area (Å²) in [5, 5.41) is 6.44. The van der Waals surface area contributed by atoms with Crippen molar-refractivity contribution in [1.29, 1.82) is 0 Å². The minimum Gasteiger partial charge on any atom is -0.351 e. The predicted octanol–water partition coefficient (Wildman–Crippen LogP) is 4.14. The Balaban J connectivity index is 1.40. The van der Waals surface area contributed by atoms with Crippen molar-refractivity contribution < 1.29 is 9.59 Å². The van der Waals surface area contributed by atoms with Crippen LogP contribution in [-0.4, -0.2) is 16.9 Å². The third kappa shape index (κ3) is 5.03. The van der Waals surface area contributed by atoms with Crippen LogP contribution in [0.1, 0.15) is 24.3 Å². The first kappa shape index (κ1) is 17.9. The molecule has 0 aliphatic carbocycles. The molecule has 0 saturated carbocycles. The fourth-order valence-corrected chi connectivity index (χ4v) is 3.60. The number of fused-ring (bicyclic) bond motifs is 1. The van der Waals surface area contributed by atoms with Gasteiger partial charge in [0, 0.05) is 17.8 Å². The van der Waals surface area contributed by atoms with E-state index in [2.05, 4.69) is 21.7 Å². The number of thiazole rings is 1. The number of carbonyl (C=O) groups excluding carboxylic acids is 2. The molecule has 0 atom stereocenters. The van der Waals surface area contributed by atoms with Gasteiger partial charge < -0.3 is 16.4 Å². The summed E-state index contributed by atoms with van der Waals surface area (Å²) in [7, 11) is 0. The van der Waals surface area contributed by atoms with E-state index in [1.807, 2.05) is 18.2 Å². The van der Waals surface area contributed by atoms with Crippen LogP contribution in [0.5, 0.6) is 0 Å². The van der Waals surface area contributed by atoms with Crippen molar-refractivity contribution in [2.75, 3.05) is 10.6 Å². The molecule has 0 aliphatic rings. The topological polar surface area (TPSA) is 97.1 Å². The van der Waals surface area contributed by atoms with Crippen LogP contribution in [0.2, 0.25) is 0 Å². The van der Waals surface area contributed by atoms with Crippen molar-refractivity contribution in [1.82, 2.24) is 4.98 Å². The molecule has 1 aromatic heterocycles. The van der Waals surface area contributed by atoms with Crippen LogP contribution in [0.3, 0.4) is 0 Å². The van der Waals surface area contributed by atoms with E-state index < -0.39 is 6.03 Å². The lowest BCUT2D eigenvalue weighted by atomic mass is 10.2. The first-order valence-corrected chi connectivity index (χ1v) is 9.22. The van der Waals surface area contributed by atoms with Gasteiger partial charge in [-0.3, -0.25) is 4.79 Å². The first-order chi connectivity index (χ1) is 12.6. The predicted molar refractivity (Wildman–Crippen MR) is 105 cm³/mol. The maximum Gasteiger partial charge on any atom is 0.316 e. The Hall–Kier alpha value is -2.93. The number of carbonyl (C=O) groups is 2. The second-order valence-corrected chi connectivity index (χ2v) is 7.01. The SMILES string of the molecule is NC(=O)Nc1ccc(NC(=O)CCCCc2nc3ccccc3s2)cc1. The van der Waals surface area contributed by atoms with Gasteiger partial charge in [0.2, 0.25) is 5.91 Å². The lowest BCUT2D eigenvalue weighted by molar-refractivity contribution is -0.116. The van der Waals surface area contributed by atoms with E-state index in [9.17, 15) is 9.59 Å². The van der Waals surface area contributed by atoms with Gasteiger partial charge in [0.05, 0.1) is 15.2 Å². The summed E-state index contributed by atoms with van der Waals surface area (Å²) in [6, 6.07) is 14.3. The van der Waals surface area contributed by atoms with Crippen molar-refractivity contribution in [3.63, 3.8) is 0 Å². The van der Waals surface area contributed by atoms with Gasteiger partial charge in [0.1, 0.15) is 0 Å². The number of para-hydroxylation sites is 1. The summed E-state index contributed by atoms with van der Waals surface area (Å²) in [5.74, 6) is -0.0232. The number of nitrogens with one attached hydrogen (secondary N) is 2. The van der Waals surface area contributed by atoms with Gasteiger partial charge >= 0.3 is 6.03 Å². The maximum atomic E-state index is 12.0. The van der Waals surface area contributed by atoms with Gasteiger partial charge in [-0.25, -0.2) is 9.78 Å². The fraction of sp³-hybridized carbons (Fsp3) is 0.211. The normalized spacial score (nSPS) is 10.6. The molecule has 26 heavy (non-hydrogen) atoms. The smallest absolute Gasteiger partial charge is 0.316 e. The van der Waals surface area contributed by atoms with Gasteiger partial charge in [-0.05, 0) is 55.7 Å². The number of aromatic nitrogens is 1. The van der Waals surface area contributed by atoms with Gasteiger partial charge in [-0.15, -0.1) is 11.3 Å². The molecule has 3 aromatic rings. The molecular formula is C19H20N4O2S. The van der Waals surface area contributed by atoms with Crippen molar-refractivity contribution in [3.8, 4) is 0 Å². The Morgan fingerprint density at radius 2 is 1.65 bits per heavy atom. The Kier molecular flexibility index (Phi) is 5.80. The minimum absolute atomic E-state index is 0.0232. The molecule has 0 radical (unpaired) electrons. The zero-order chi connectivity index (χ0) is 18.4. The Bertz CT molecular complexity index is 872. The van der Waals surface area contributed by atoms with Crippen LogP contribution in [0, 0.1) is 0 Å². The molecule has 1 heterocycles. The number of nitrogens with two attached hydrogens (primary N) is 1. The second-order valence-electron chi connectivity index (χ2n) is 5.90. The highest BCUT2D eigenvalue weighted by Crippen LogP contribution is 2.23. The number of benzene rings is 2. The minimum atomic E-state index is -0.616. The molecule has 0 unspecified atom stereocenters. The maximum absolute atomic E-state index is 12.0. The van der Waals surface area contributed by atoms with Gasteiger partial charge in [-0.2, -0.15) is 0 Å². The van der Waals surface area contributed by atoms with Crippen molar-refractivity contribution in [3.05, 3.63) is 53.5 Å². The molecule has 0 saturated heterocycles. The molecule has 3 rings (SSSR count). The standard InChI is InChI=1S/C19H20N4O2S/c20-19(25)22-14-11-9-13(10-12-14)21-17(24)7-3-4-8-18-23-15-5-1-2-6-16(15)26-18/h1-2,5-6,9-12H,3-4,7-8H2,(H,21,24)(H3,20,22,25). The Morgan fingerprint density at radius 3 is 2.35 bits per heavy atom. The van der Waals surface area contributed by atoms with Crippen LogP contribution in [-0.2, 0) is 11.2 Å². The van der Waals surface area contributed by atoms with E-state index in [1.165, 1.54) is 4.70 Å². The molecule has 134 valence electrons. The molecule has 0 aliphatic heterocycles. The van der Waals surface area contributed by atoms with E-state index in [4.69, 9.17) is 5.73 Å². The largest absolute Gasteiger partial charge is 0.351 e. The number of rotatable bonds is 7. The average Bonchev–Trinajstić information content (AvgIpc) is 3.03. The summed E-state index contributed by atoms with van der Waals surface area (Å²) in [6.45, 7) is 0. The molecule has 0 fully saturated rings. The lowest BCUT2D eigenvalue weighted by Crippen LogP contribution is -2.19. The summed E-state index contributed by atoms with van der Waals surface area (Å²) >= 11 is 1.71. The molecule has 2 aromatic carbocycles. The number of primary amides is 1. The summed E-state index contributed by atoms with van der Waals surface area (Å²) < 4.78 is 1.20. The van der Waals surface area contributed by atoms with Crippen LogP contribution < -0.4 is 16.4 Å². The van der Waals surface area contributed by atoms with Gasteiger partial charge in [0.25, 0.3) is 0 Å². The van der Waals surface area contributed by atoms with E-state index >= 15 is 0 Å². The number of aryl methyl sites for hydroxylation is 1. The van der Waals surface area contributed by atoms with E-state index in [-0.39, 0.29) is 5.91 Å². The van der Waals surface area contributed by atoms with Crippen LogP contribution in [0.4, 0.5) is 16.2 Å². The van der Waals surface area contributed by atoms with E-state index in [0.717, 1.165) is 29.8 Å². The average molecular weight is 368 g/mol. The summed E-state index contributed by atoms with van der Waals surface area (Å²) in [6.07, 6.45) is 3.09. The number of hydrogen-bond acceptors (Lipinski definition) is 4. The molecule has 0 bridgehead atoms. The number of hydrogen-bond donors (Lipinski definition) is 3. The van der Waals surface area contributed by atoms with Crippen LogP contribution >= 0.6 is 11.3 Å². The highest BCUT2D eigenvalue weighted by atomic mass is 32.1. The first-order valence-electron chi connectivity index (χ1n) is 8.41. The number of anilines is 2. The molecule has 6 nitrogen and oxygen atoms in total. The molecule has 7 heteroatoms. The van der Waals surface area contributed by atoms with Crippen LogP contribution in [0.15, 0.2) is 48.5 Å². The molecule has 0 spiro atoms. The van der Waals surface area contributed by atoms with E-state index in [0.29, 0.717) is 17.8 Å². The molecule has 3 amide bonds. The van der Waals surface area contributed by atoms with E-state index in [1.54, 1.807) is 35.6 Å². The summed E-state index contributed by atoms with van der Waals surface area (Å²) in [4.78, 5) is 27.4. The number of unbranched alkanes of at least 4 members (excludes halogenated alkanes) is 1. The van der Waals surface area contributed by atoms with Crippen molar-refractivity contribution >= 4 is 44.9 Å². The summed E-state index contributed by atoms with van der Waals surface area (Å²) in [5.41, 5.74) is 7.37. The third-order valence-corrected chi connectivity index (χ3v) is 4.92. The van der Waals surface area contributed by atoms with Crippen LogP contribution in [0.25, 0.3) is 10.2 Å². The fourth-order valence-electron chi connectivity index (χ4n) is 2.59. The van der Waals surface area contributed by atoms with Gasteiger partial charge in [-0.1, -0.05) is 12.1 Å². The lowest BCUT2D eigenvalue weighted by Gasteiger charge is -2.06. The zero-order valence-electron chi connectivity index (χ0n) is 14.2. The zero-order valence-corrected chi connectivity index (χ0v) is 15.0. The second kappa shape index (κ2) is 8.44. The monoisotopic (exact) mass is 368 g/mol. The van der Waals surface area contributed by atoms with Crippen molar-refractivity contribution in [2.45, 2.75) is 25.7 Å². The highest BCUT2D eigenvalue weighted by Gasteiger charge is 2.06. The molecule has 4 N–H and O–H groups in total.